The second-order valence-corrected chi connectivity index (χ2v) is 8.20. The van der Waals surface area contributed by atoms with Crippen LogP contribution >= 0.6 is 11.3 Å². The zero-order valence-corrected chi connectivity index (χ0v) is 15.7. The lowest BCUT2D eigenvalue weighted by molar-refractivity contribution is -0.124. The van der Waals surface area contributed by atoms with E-state index in [4.69, 9.17) is 5.73 Å². The van der Waals surface area contributed by atoms with E-state index in [1.54, 1.807) is 11.3 Å². The Morgan fingerprint density at radius 3 is 2.64 bits per heavy atom. The monoisotopic (exact) mass is 357 g/mol. The highest BCUT2D eigenvalue weighted by Crippen LogP contribution is 2.38. The molecule has 0 unspecified atom stereocenters. The molecular formula is C20H27N3OS. The average molecular weight is 358 g/mol. The maximum Gasteiger partial charge on any atom is 0.220 e. The molecule has 3 N–H and O–H groups in total. The Hall–Kier alpha value is -1.72. The Bertz CT molecular complexity index is 705. The summed E-state index contributed by atoms with van der Waals surface area (Å²) in [5.41, 5.74) is 8.13. The van der Waals surface area contributed by atoms with Crippen molar-refractivity contribution in [1.29, 1.82) is 0 Å². The number of carbonyl (C=O) groups is 1. The van der Waals surface area contributed by atoms with E-state index in [2.05, 4.69) is 22.4 Å². The van der Waals surface area contributed by atoms with E-state index in [0.29, 0.717) is 19.5 Å². The molecule has 1 heterocycles. The van der Waals surface area contributed by atoms with Crippen LogP contribution in [0, 0.1) is 12.3 Å². The van der Waals surface area contributed by atoms with Crippen molar-refractivity contribution in [3.63, 3.8) is 0 Å². The summed E-state index contributed by atoms with van der Waals surface area (Å²) < 4.78 is 0. The minimum atomic E-state index is 0.0142. The van der Waals surface area contributed by atoms with Crippen molar-refractivity contribution < 1.29 is 4.79 Å². The van der Waals surface area contributed by atoms with Crippen LogP contribution in [0.2, 0.25) is 0 Å². The first-order valence-corrected chi connectivity index (χ1v) is 9.92. The van der Waals surface area contributed by atoms with Gasteiger partial charge in [-0.05, 0) is 31.7 Å². The van der Waals surface area contributed by atoms with Gasteiger partial charge in [-0.25, -0.2) is 4.98 Å². The normalized spacial score (nSPS) is 16.6. The van der Waals surface area contributed by atoms with Gasteiger partial charge < -0.3 is 11.1 Å². The van der Waals surface area contributed by atoms with Crippen LogP contribution in [0.15, 0.2) is 30.3 Å². The van der Waals surface area contributed by atoms with Gasteiger partial charge in [0.1, 0.15) is 5.01 Å². The van der Waals surface area contributed by atoms with Crippen LogP contribution in [0.4, 0.5) is 0 Å². The molecule has 0 atom stereocenters. The molecule has 1 aromatic carbocycles. The molecule has 1 amide bonds. The Labute approximate surface area is 153 Å². The van der Waals surface area contributed by atoms with Crippen LogP contribution in [0.25, 0.3) is 10.6 Å². The summed E-state index contributed by atoms with van der Waals surface area (Å²) >= 11 is 1.65. The van der Waals surface area contributed by atoms with Crippen molar-refractivity contribution in [2.75, 3.05) is 6.54 Å². The summed E-state index contributed by atoms with van der Waals surface area (Å²) in [5.74, 6) is 0.112. The number of carbonyl (C=O) groups excluding carboxylic acids is 1. The smallest absolute Gasteiger partial charge is 0.220 e. The van der Waals surface area contributed by atoms with Gasteiger partial charge in [0.05, 0.1) is 12.2 Å². The molecule has 1 aliphatic rings. The quantitative estimate of drug-likeness (QED) is 0.820. The van der Waals surface area contributed by atoms with E-state index in [-0.39, 0.29) is 11.3 Å². The molecule has 134 valence electrons. The minimum Gasteiger partial charge on any atom is -0.351 e. The fourth-order valence-electron chi connectivity index (χ4n) is 3.63. The molecule has 0 bridgehead atoms. The van der Waals surface area contributed by atoms with Gasteiger partial charge in [-0.1, -0.05) is 49.6 Å². The molecule has 1 aromatic heterocycles. The highest BCUT2D eigenvalue weighted by Gasteiger charge is 2.32. The van der Waals surface area contributed by atoms with Crippen LogP contribution in [-0.2, 0) is 11.3 Å². The Kier molecular flexibility index (Phi) is 5.86. The number of benzene rings is 1. The van der Waals surface area contributed by atoms with Gasteiger partial charge in [0, 0.05) is 16.9 Å². The van der Waals surface area contributed by atoms with Gasteiger partial charge in [0.15, 0.2) is 0 Å². The summed E-state index contributed by atoms with van der Waals surface area (Å²) in [4.78, 5) is 18.2. The lowest BCUT2D eigenvalue weighted by atomic mass is 9.71. The third kappa shape index (κ3) is 4.47. The first kappa shape index (κ1) is 18.1. The summed E-state index contributed by atoms with van der Waals surface area (Å²) in [6, 6.07) is 10.2. The van der Waals surface area contributed by atoms with Crippen LogP contribution in [0.5, 0.6) is 0 Å². The van der Waals surface area contributed by atoms with Crippen molar-refractivity contribution in [2.45, 2.75) is 52.0 Å². The number of nitrogens with two attached hydrogens (primary N) is 1. The molecule has 0 radical (unpaired) electrons. The van der Waals surface area contributed by atoms with Crippen molar-refractivity contribution >= 4 is 17.2 Å². The van der Waals surface area contributed by atoms with Crippen LogP contribution in [0.3, 0.4) is 0 Å². The average Bonchev–Trinajstić information content (AvgIpc) is 3.02. The van der Waals surface area contributed by atoms with Gasteiger partial charge >= 0.3 is 0 Å². The van der Waals surface area contributed by atoms with Crippen molar-refractivity contribution in [3.05, 3.63) is 40.9 Å². The molecule has 3 rings (SSSR count). The first-order chi connectivity index (χ1) is 12.1. The van der Waals surface area contributed by atoms with E-state index < -0.39 is 0 Å². The predicted molar refractivity (Wildman–Crippen MR) is 103 cm³/mol. The second kappa shape index (κ2) is 8.11. The molecule has 0 spiro atoms. The number of nitrogens with zero attached hydrogens (tertiary/aromatic N) is 1. The van der Waals surface area contributed by atoms with E-state index in [9.17, 15) is 4.79 Å². The third-order valence-electron chi connectivity index (χ3n) is 5.24. The molecule has 5 heteroatoms. The van der Waals surface area contributed by atoms with Gasteiger partial charge in [-0.15, -0.1) is 11.3 Å². The zero-order valence-electron chi connectivity index (χ0n) is 14.9. The number of hydrogen-bond acceptors (Lipinski definition) is 4. The van der Waals surface area contributed by atoms with Crippen LogP contribution < -0.4 is 11.1 Å². The second-order valence-electron chi connectivity index (χ2n) is 7.11. The van der Waals surface area contributed by atoms with Gasteiger partial charge in [-0.2, -0.15) is 0 Å². The number of nitrogens with one attached hydrogen (secondary N) is 1. The van der Waals surface area contributed by atoms with E-state index in [0.717, 1.165) is 34.0 Å². The van der Waals surface area contributed by atoms with E-state index in [1.807, 2.05) is 25.1 Å². The maximum atomic E-state index is 12.5. The Balaban J connectivity index is 1.60. The van der Waals surface area contributed by atoms with Crippen LogP contribution in [-0.4, -0.2) is 17.4 Å². The SMILES string of the molecule is Cc1nc(-c2ccccc2)sc1CNC(=O)CC1(CN)CCCCC1. The third-order valence-corrected chi connectivity index (χ3v) is 6.45. The predicted octanol–water partition coefficient (Wildman–Crippen LogP) is 4.03. The fourth-order valence-corrected chi connectivity index (χ4v) is 4.64. The highest BCUT2D eigenvalue weighted by molar-refractivity contribution is 7.15. The molecule has 1 saturated carbocycles. The summed E-state index contributed by atoms with van der Waals surface area (Å²) in [5, 5.41) is 4.09. The topological polar surface area (TPSA) is 68.0 Å². The molecule has 1 aliphatic carbocycles. The molecule has 4 nitrogen and oxygen atoms in total. The van der Waals surface area contributed by atoms with Crippen molar-refractivity contribution in [2.24, 2.45) is 11.1 Å². The first-order valence-electron chi connectivity index (χ1n) is 9.10. The van der Waals surface area contributed by atoms with E-state index in [1.165, 1.54) is 19.3 Å². The highest BCUT2D eigenvalue weighted by atomic mass is 32.1. The lowest BCUT2D eigenvalue weighted by Crippen LogP contribution is -2.38. The molecule has 0 saturated heterocycles. The summed E-state index contributed by atoms with van der Waals surface area (Å²) in [7, 11) is 0. The van der Waals surface area contributed by atoms with Gasteiger partial charge in [0.25, 0.3) is 0 Å². The minimum absolute atomic E-state index is 0.0142. The molecule has 1 fully saturated rings. The molecule has 25 heavy (non-hydrogen) atoms. The number of aromatic nitrogens is 1. The zero-order chi connectivity index (χ0) is 17.7. The number of thiazole rings is 1. The van der Waals surface area contributed by atoms with Gasteiger partial charge in [-0.3, -0.25) is 4.79 Å². The lowest BCUT2D eigenvalue weighted by Gasteiger charge is -2.35. The van der Waals surface area contributed by atoms with Crippen LogP contribution in [0.1, 0.15) is 49.1 Å². The summed E-state index contributed by atoms with van der Waals surface area (Å²) in [6.45, 7) is 3.17. The number of aryl methyl sites for hydroxylation is 1. The molecule has 0 aliphatic heterocycles. The summed E-state index contributed by atoms with van der Waals surface area (Å²) in [6.07, 6.45) is 6.36. The molecule has 2 aromatic rings. The number of amides is 1. The largest absolute Gasteiger partial charge is 0.351 e. The van der Waals surface area contributed by atoms with E-state index >= 15 is 0 Å². The van der Waals surface area contributed by atoms with Crippen molar-refractivity contribution in [3.8, 4) is 10.6 Å². The number of rotatable bonds is 6. The maximum absolute atomic E-state index is 12.5. The fraction of sp³-hybridized carbons (Fsp3) is 0.500. The van der Waals surface area contributed by atoms with Crippen molar-refractivity contribution in [1.82, 2.24) is 10.3 Å². The van der Waals surface area contributed by atoms with Gasteiger partial charge in [0.2, 0.25) is 5.91 Å². The standard InChI is InChI=1S/C20H27N3OS/c1-15-17(25-19(23-15)16-8-4-2-5-9-16)13-22-18(24)12-20(14-21)10-6-3-7-11-20/h2,4-5,8-9H,3,6-7,10-14,21H2,1H3,(H,22,24). The Morgan fingerprint density at radius 2 is 1.96 bits per heavy atom. The number of hydrogen-bond donors (Lipinski definition) is 2. The molecular weight excluding hydrogens is 330 g/mol. The Morgan fingerprint density at radius 1 is 1.24 bits per heavy atom.